The summed E-state index contributed by atoms with van der Waals surface area (Å²) in [5.41, 5.74) is 1.45. The molecular formula is C15H19N5O. The van der Waals surface area contributed by atoms with Gasteiger partial charge in [0.25, 0.3) is 0 Å². The first kappa shape index (κ1) is 14.9. The fourth-order valence-electron chi connectivity index (χ4n) is 1.74. The van der Waals surface area contributed by atoms with E-state index in [1.165, 1.54) is 0 Å². The molecule has 0 aliphatic heterocycles. The van der Waals surface area contributed by atoms with Gasteiger partial charge >= 0.3 is 6.03 Å². The monoisotopic (exact) mass is 285 g/mol. The van der Waals surface area contributed by atoms with Crippen molar-refractivity contribution in [3.05, 3.63) is 36.3 Å². The van der Waals surface area contributed by atoms with E-state index in [0.717, 1.165) is 11.3 Å². The maximum atomic E-state index is 11.8. The van der Waals surface area contributed by atoms with Crippen LogP contribution >= 0.6 is 0 Å². The Bertz CT molecular complexity index is 649. The lowest BCUT2D eigenvalue weighted by Crippen LogP contribution is -2.43. The summed E-state index contributed by atoms with van der Waals surface area (Å²) in [7, 11) is 0. The smallest absolute Gasteiger partial charge is 0.320 e. The van der Waals surface area contributed by atoms with E-state index in [1.54, 1.807) is 18.5 Å². The lowest BCUT2D eigenvalue weighted by molar-refractivity contribution is 0.243. The first-order valence-electron chi connectivity index (χ1n) is 6.69. The van der Waals surface area contributed by atoms with Gasteiger partial charge < -0.3 is 5.32 Å². The fourth-order valence-corrected chi connectivity index (χ4v) is 1.74. The minimum Gasteiger partial charge on any atom is -0.333 e. The Morgan fingerprint density at radius 2 is 1.86 bits per heavy atom. The molecule has 0 unspecified atom stereocenters. The van der Waals surface area contributed by atoms with Crippen LogP contribution in [0.1, 0.15) is 26.5 Å². The average Bonchev–Trinajstić information content (AvgIpc) is 2.36. The van der Waals surface area contributed by atoms with Gasteiger partial charge in [0, 0.05) is 29.2 Å². The molecule has 2 N–H and O–H groups in total. The van der Waals surface area contributed by atoms with Crippen LogP contribution in [0.2, 0.25) is 0 Å². The number of aromatic nitrogens is 3. The van der Waals surface area contributed by atoms with Crippen molar-refractivity contribution in [1.82, 2.24) is 20.3 Å². The van der Waals surface area contributed by atoms with Gasteiger partial charge in [-0.15, -0.1) is 0 Å². The standard InChI is InChI=1S/C15H19N5O/c1-10-9-11(5-7-16-10)13-17-8-6-12(18-13)19-14(21)20-15(2,3)4/h5-9H,1-4H3,(H2,17,18,19,20,21). The number of carbonyl (C=O) groups excluding carboxylic acids is 1. The fraction of sp³-hybridized carbons (Fsp3) is 0.333. The maximum Gasteiger partial charge on any atom is 0.320 e. The summed E-state index contributed by atoms with van der Waals surface area (Å²) in [6.45, 7) is 7.65. The Balaban J connectivity index is 2.17. The molecule has 2 heterocycles. The highest BCUT2D eigenvalue weighted by molar-refractivity contribution is 5.88. The molecule has 6 heteroatoms. The van der Waals surface area contributed by atoms with E-state index in [2.05, 4.69) is 25.6 Å². The molecule has 110 valence electrons. The Hall–Kier alpha value is -2.50. The molecule has 0 aliphatic rings. The molecule has 0 aliphatic carbocycles. The van der Waals surface area contributed by atoms with Crippen molar-refractivity contribution < 1.29 is 4.79 Å². The summed E-state index contributed by atoms with van der Waals surface area (Å²) in [5.74, 6) is 1.00. The van der Waals surface area contributed by atoms with Crippen LogP contribution in [-0.2, 0) is 0 Å². The molecule has 2 aromatic heterocycles. The van der Waals surface area contributed by atoms with Crippen molar-refractivity contribution in [2.75, 3.05) is 5.32 Å². The predicted molar refractivity (Wildman–Crippen MR) is 81.9 cm³/mol. The van der Waals surface area contributed by atoms with Crippen LogP contribution in [-0.4, -0.2) is 26.5 Å². The molecule has 0 fully saturated rings. The van der Waals surface area contributed by atoms with Crippen molar-refractivity contribution in [3.63, 3.8) is 0 Å². The molecule has 0 radical (unpaired) electrons. The van der Waals surface area contributed by atoms with Crippen LogP contribution in [0.3, 0.4) is 0 Å². The third-order valence-corrected chi connectivity index (χ3v) is 2.54. The lowest BCUT2D eigenvalue weighted by Gasteiger charge is -2.20. The second-order valence-electron chi connectivity index (χ2n) is 5.78. The van der Waals surface area contributed by atoms with E-state index in [1.807, 2.05) is 39.8 Å². The van der Waals surface area contributed by atoms with E-state index < -0.39 is 0 Å². The molecule has 0 bridgehead atoms. The Kier molecular flexibility index (Phi) is 4.16. The zero-order chi connectivity index (χ0) is 15.5. The number of urea groups is 1. The number of nitrogens with zero attached hydrogens (tertiary/aromatic N) is 3. The van der Waals surface area contributed by atoms with Crippen molar-refractivity contribution in [1.29, 1.82) is 0 Å². The molecule has 21 heavy (non-hydrogen) atoms. The van der Waals surface area contributed by atoms with Crippen LogP contribution in [0.5, 0.6) is 0 Å². The van der Waals surface area contributed by atoms with Gasteiger partial charge in [-0.05, 0) is 45.9 Å². The number of rotatable bonds is 2. The third kappa shape index (κ3) is 4.52. The molecule has 2 amide bonds. The molecule has 0 atom stereocenters. The van der Waals surface area contributed by atoms with Crippen LogP contribution in [0.15, 0.2) is 30.6 Å². The maximum absolute atomic E-state index is 11.8. The van der Waals surface area contributed by atoms with Crippen LogP contribution < -0.4 is 10.6 Å². The van der Waals surface area contributed by atoms with Crippen molar-refractivity contribution in [2.45, 2.75) is 33.2 Å². The van der Waals surface area contributed by atoms with Gasteiger partial charge in [-0.3, -0.25) is 10.3 Å². The van der Waals surface area contributed by atoms with E-state index >= 15 is 0 Å². The van der Waals surface area contributed by atoms with Gasteiger partial charge in [0.2, 0.25) is 0 Å². The zero-order valence-corrected chi connectivity index (χ0v) is 12.6. The number of carbonyl (C=O) groups is 1. The molecule has 0 spiro atoms. The van der Waals surface area contributed by atoms with Gasteiger partial charge in [-0.25, -0.2) is 14.8 Å². The minimum atomic E-state index is -0.303. The number of nitrogens with one attached hydrogen (secondary N) is 2. The van der Waals surface area contributed by atoms with E-state index in [-0.39, 0.29) is 11.6 Å². The van der Waals surface area contributed by atoms with Gasteiger partial charge in [0.05, 0.1) is 0 Å². The number of amides is 2. The predicted octanol–water partition coefficient (Wildman–Crippen LogP) is 2.77. The largest absolute Gasteiger partial charge is 0.333 e. The highest BCUT2D eigenvalue weighted by Crippen LogP contribution is 2.16. The molecule has 2 rings (SSSR count). The van der Waals surface area contributed by atoms with Crippen LogP contribution in [0, 0.1) is 6.92 Å². The summed E-state index contributed by atoms with van der Waals surface area (Å²) < 4.78 is 0. The number of hydrogen-bond acceptors (Lipinski definition) is 4. The molecular weight excluding hydrogens is 266 g/mol. The first-order chi connectivity index (χ1) is 9.83. The second-order valence-corrected chi connectivity index (χ2v) is 5.78. The highest BCUT2D eigenvalue weighted by atomic mass is 16.2. The summed E-state index contributed by atoms with van der Waals surface area (Å²) in [6, 6.07) is 5.09. The second kappa shape index (κ2) is 5.87. The number of hydrogen-bond donors (Lipinski definition) is 2. The minimum absolute atomic E-state index is 0.293. The summed E-state index contributed by atoms with van der Waals surface area (Å²) in [4.78, 5) is 24.5. The molecule has 0 saturated heterocycles. The Labute approximate surface area is 124 Å². The van der Waals surface area contributed by atoms with Gasteiger partial charge in [0.1, 0.15) is 5.82 Å². The SMILES string of the molecule is Cc1cc(-c2nccc(NC(=O)NC(C)(C)C)n2)ccn1. The Morgan fingerprint density at radius 1 is 1.14 bits per heavy atom. The van der Waals surface area contributed by atoms with E-state index in [9.17, 15) is 4.79 Å². The van der Waals surface area contributed by atoms with Crippen LogP contribution in [0.4, 0.5) is 10.6 Å². The van der Waals surface area contributed by atoms with E-state index in [4.69, 9.17) is 0 Å². The summed E-state index contributed by atoms with van der Waals surface area (Å²) in [6.07, 6.45) is 3.32. The van der Waals surface area contributed by atoms with Gasteiger partial charge in [0.15, 0.2) is 5.82 Å². The summed E-state index contributed by atoms with van der Waals surface area (Å²) >= 11 is 0. The normalized spacial score (nSPS) is 11.0. The molecule has 0 saturated carbocycles. The highest BCUT2D eigenvalue weighted by Gasteiger charge is 2.14. The van der Waals surface area contributed by atoms with Crippen molar-refractivity contribution in [3.8, 4) is 11.4 Å². The van der Waals surface area contributed by atoms with Crippen LogP contribution in [0.25, 0.3) is 11.4 Å². The zero-order valence-electron chi connectivity index (χ0n) is 12.6. The number of pyridine rings is 1. The quantitative estimate of drug-likeness (QED) is 0.889. The first-order valence-corrected chi connectivity index (χ1v) is 6.69. The van der Waals surface area contributed by atoms with Crippen molar-refractivity contribution >= 4 is 11.8 Å². The molecule has 2 aromatic rings. The summed E-state index contributed by atoms with van der Waals surface area (Å²) in [5, 5.41) is 5.52. The van der Waals surface area contributed by atoms with Crippen molar-refractivity contribution in [2.24, 2.45) is 0 Å². The molecule has 0 aromatic carbocycles. The lowest BCUT2D eigenvalue weighted by atomic mass is 10.1. The van der Waals surface area contributed by atoms with Gasteiger partial charge in [-0.2, -0.15) is 0 Å². The Morgan fingerprint density at radius 3 is 2.52 bits per heavy atom. The molecule has 6 nitrogen and oxygen atoms in total. The number of aryl methyl sites for hydroxylation is 1. The van der Waals surface area contributed by atoms with Gasteiger partial charge in [-0.1, -0.05) is 0 Å². The third-order valence-electron chi connectivity index (χ3n) is 2.54. The average molecular weight is 285 g/mol. The topological polar surface area (TPSA) is 79.8 Å². The van der Waals surface area contributed by atoms with E-state index in [0.29, 0.717) is 11.6 Å². The number of anilines is 1.